The molecule has 0 unspecified atom stereocenters. The molecule has 0 fully saturated rings. The van der Waals surface area contributed by atoms with E-state index < -0.39 is 0 Å². The number of aromatic nitrogens is 3. The summed E-state index contributed by atoms with van der Waals surface area (Å²) >= 11 is 6.56. The summed E-state index contributed by atoms with van der Waals surface area (Å²) in [6.07, 6.45) is 9.14. The number of phenols is 2. The van der Waals surface area contributed by atoms with Crippen molar-refractivity contribution in [3.63, 3.8) is 0 Å². The van der Waals surface area contributed by atoms with Crippen LogP contribution in [0.1, 0.15) is 6.92 Å². The van der Waals surface area contributed by atoms with Crippen molar-refractivity contribution >= 4 is 31.9 Å². The number of para-hydroxylation sites is 1. The highest BCUT2D eigenvalue weighted by atomic mass is 79.9. The molecule has 0 aliphatic carbocycles. The van der Waals surface area contributed by atoms with E-state index in [4.69, 9.17) is 9.84 Å². The van der Waals surface area contributed by atoms with Gasteiger partial charge >= 0.3 is 6.01 Å². The lowest BCUT2D eigenvalue weighted by molar-refractivity contribution is 0.322. The predicted molar refractivity (Wildman–Crippen MR) is 129 cm³/mol. The minimum atomic E-state index is 0.129. The molecule has 2 aromatic carbocycles. The zero-order valence-corrected chi connectivity index (χ0v) is 19.9. The summed E-state index contributed by atoms with van der Waals surface area (Å²) in [5.41, 5.74) is 2.12. The lowest BCUT2D eigenvalue weighted by Crippen LogP contribution is -2.03. The molecular weight excluding hydrogens is 526 g/mol. The topological polar surface area (TPSA) is 88.4 Å². The van der Waals surface area contributed by atoms with E-state index in [1.54, 1.807) is 42.6 Å². The van der Waals surface area contributed by atoms with Crippen LogP contribution in [0.2, 0.25) is 0 Å². The van der Waals surface area contributed by atoms with Crippen LogP contribution in [0, 0.1) is 0 Å². The van der Waals surface area contributed by atoms with Gasteiger partial charge < -0.3 is 14.9 Å². The lowest BCUT2D eigenvalue weighted by Gasteiger charge is -2.06. The maximum absolute atomic E-state index is 9.74. The first-order valence-corrected chi connectivity index (χ1v) is 10.7. The Morgan fingerprint density at radius 2 is 1.74 bits per heavy atom. The average Bonchev–Trinajstić information content (AvgIpc) is 2.77. The zero-order valence-electron chi connectivity index (χ0n) is 16.7. The van der Waals surface area contributed by atoms with Crippen LogP contribution in [0.25, 0.3) is 11.3 Å². The second-order valence-electron chi connectivity index (χ2n) is 6.08. The molecule has 0 radical (unpaired) electrons. The van der Waals surface area contributed by atoms with Crippen molar-refractivity contribution in [3.8, 4) is 28.8 Å². The third-order valence-corrected chi connectivity index (χ3v) is 4.84. The molecule has 3 aromatic rings. The van der Waals surface area contributed by atoms with E-state index in [-0.39, 0.29) is 18.4 Å². The van der Waals surface area contributed by atoms with Crippen molar-refractivity contribution in [1.29, 1.82) is 0 Å². The van der Waals surface area contributed by atoms with Crippen LogP contribution < -0.4 is 4.74 Å². The highest BCUT2D eigenvalue weighted by molar-refractivity contribution is 9.11. The van der Waals surface area contributed by atoms with Crippen LogP contribution in [0.15, 0.2) is 94.1 Å². The maximum atomic E-state index is 9.74. The van der Waals surface area contributed by atoms with Gasteiger partial charge in [-0.15, -0.1) is 5.10 Å². The number of allylic oxidation sites excluding steroid dienone is 3. The SMILES string of the molecule is C=C(/C=C\C=C/C)COc1ncc(-c2cc(Br)c(O)c(Br)c2)nn1.Oc1ccccc1. The van der Waals surface area contributed by atoms with Gasteiger partial charge in [0.05, 0.1) is 15.1 Å². The standard InChI is InChI=1S/C17H15Br2N3O2.C6H6O/c1-3-4-5-6-11(2)10-24-17-20-9-15(21-22-17)12-7-13(18)16(23)14(19)8-12;7-6-4-2-1-3-5-6/h3-9,23H,2,10H2,1H3;1-5,7H/b4-3-,6-5-;. The molecule has 0 aliphatic heterocycles. The van der Waals surface area contributed by atoms with Gasteiger partial charge in [-0.05, 0) is 68.6 Å². The number of ether oxygens (including phenoxy) is 1. The summed E-state index contributed by atoms with van der Waals surface area (Å²) < 4.78 is 6.55. The molecule has 1 heterocycles. The Bertz CT molecular complexity index is 1030. The second kappa shape index (κ2) is 12.7. The van der Waals surface area contributed by atoms with Crippen LogP contribution >= 0.6 is 31.9 Å². The lowest BCUT2D eigenvalue weighted by atomic mass is 10.1. The Kier molecular flexibility index (Phi) is 9.93. The molecule has 160 valence electrons. The molecule has 0 aliphatic rings. The zero-order chi connectivity index (χ0) is 22.6. The van der Waals surface area contributed by atoms with Gasteiger partial charge in [-0.25, -0.2) is 4.98 Å². The summed E-state index contributed by atoms with van der Waals surface area (Å²) in [4.78, 5) is 4.14. The van der Waals surface area contributed by atoms with Crippen molar-refractivity contribution in [3.05, 3.63) is 94.1 Å². The van der Waals surface area contributed by atoms with Crippen LogP contribution in [-0.4, -0.2) is 32.0 Å². The Morgan fingerprint density at radius 3 is 2.26 bits per heavy atom. The number of hydrogen-bond acceptors (Lipinski definition) is 6. The molecule has 6 nitrogen and oxygen atoms in total. The van der Waals surface area contributed by atoms with Gasteiger partial charge in [0, 0.05) is 5.56 Å². The van der Waals surface area contributed by atoms with Gasteiger partial charge in [-0.1, -0.05) is 54.2 Å². The van der Waals surface area contributed by atoms with Crippen molar-refractivity contribution < 1.29 is 14.9 Å². The van der Waals surface area contributed by atoms with Crippen LogP contribution in [0.5, 0.6) is 17.5 Å². The van der Waals surface area contributed by atoms with E-state index >= 15 is 0 Å². The van der Waals surface area contributed by atoms with Gasteiger partial charge in [0.1, 0.15) is 23.8 Å². The molecule has 0 atom stereocenters. The summed E-state index contributed by atoms with van der Waals surface area (Å²) in [5, 5.41) is 26.4. The van der Waals surface area contributed by atoms with Crippen LogP contribution in [0.4, 0.5) is 0 Å². The van der Waals surface area contributed by atoms with Crippen molar-refractivity contribution in [2.75, 3.05) is 6.61 Å². The molecule has 1 aromatic heterocycles. The van der Waals surface area contributed by atoms with Crippen molar-refractivity contribution in [2.45, 2.75) is 6.92 Å². The summed E-state index contributed by atoms with van der Waals surface area (Å²) in [7, 11) is 0. The number of nitrogens with zero attached hydrogens (tertiary/aromatic N) is 3. The Morgan fingerprint density at radius 1 is 1.06 bits per heavy atom. The molecular formula is C23H21Br2N3O3. The van der Waals surface area contributed by atoms with E-state index in [1.165, 1.54) is 0 Å². The smallest absolute Gasteiger partial charge is 0.336 e. The summed E-state index contributed by atoms with van der Waals surface area (Å²) in [6, 6.07) is 12.4. The fourth-order valence-electron chi connectivity index (χ4n) is 2.11. The molecule has 31 heavy (non-hydrogen) atoms. The number of aromatic hydroxyl groups is 2. The number of rotatable bonds is 6. The fraction of sp³-hybridized carbons (Fsp3) is 0.0870. The molecule has 0 saturated carbocycles. The highest BCUT2D eigenvalue weighted by Gasteiger charge is 2.10. The third-order valence-electron chi connectivity index (χ3n) is 3.63. The van der Waals surface area contributed by atoms with Crippen molar-refractivity contribution in [2.24, 2.45) is 0 Å². The number of phenolic OH excluding ortho intramolecular Hbond substituents is 2. The fourth-order valence-corrected chi connectivity index (χ4v) is 3.30. The van der Waals surface area contributed by atoms with Gasteiger partial charge in [0.2, 0.25) is 0 Å². The normalized spacial score (nSPS) is 10.7. The minimum Gasteiger partial charge on any atom is -0.508 e. The number of benzene rings is 2. The van der Waals surface area contributed by atoms with Gasteiger partial charge in [0.25, 0.3) is 0 Å². The summed E-state index contributed by atoms with van der Waals surface area (Å²) in [5.74, 6) is 0.451. The number of halogens is 2. The van der Waals surface area contributed by atoms with Crippen molar-refractivity contribution in [1.82, 2.24) is 15.2 Å². The number of hydrogen-bond donors (Lipinski definition) is 2. The molecule has 3 rings (SSSR count). The average molecular weight is 547 g/mol. The third kappa shape index (κ3) is 8.35. The van der Waals surface area contributed by atoms with Gasteiger partial charge in [0.15, 0.2) is 0 Å². The first-order chi connectivity index (χ1) is 14.9. The van der Waals surface area contributed by atoms with E-state index in [0.717, 1.165) is 11.1 Å². The first kappa shape index (κ1) is 24.3. The van der Waals surface area contributed by atoms with Gasteiger partial charge in [-0.3, -0.25) is 0 Å². The highest BCUT2D eigenvalue weighted by Crippen LogP contribution is 2.36. The monoisotopic (exact) mass is 545 g/mol. The second-order valence-corrected chi connectivity index (χ2v) is 7.79. The van der Waals surface area contributed by atoms with E-state index in [0.29, 0.717) is 20.4 Å². The Labute approximate surface area is 197 Å². The van der Waals surface area contributed by atoms with E-state index in [2.05, 4.69) is 53.6 Å². The Hall–Kier alpha value is -2.97. The van der Waals surface area contributed by atoms with Crippen LogP contribution in [-0.2, 0) is 0 Å². The molecule has 0 amide bonds. The minimum absolute atomic E-state index is 0.129. The van der Waals surface area contributed by atoms with E-state index in [9.17, 15) is 5.11 Å². The maximum Gasteiger partial charge on any atom is 0.336 e. The van der Waals surface area contributed by atoms with E-state index in [1.807, 2.05) is 37.3 Å². The molecule has 0 saturated heterocycles. The summed E-state index contributed by atoms with van der Waals surface area (Å²) in [6.45, 7) is 6.10. The quantitative estimate of drug-likeness (QED) is 0.356. The Balaban J connectivity index is 0.000000412. The molecule has 0 bridgehead atoms. The van der Waals surface area contributed by atoms with Gasteiger partial charge in [-0.2, -0.15) is 0 Å². The molecule has 8 heteroatoms. The molecule has 0 spiro atoms. The first-order valence-electron chi connectivity index (χ1n) is 9.12. The largest absolute Gasteiger partial charge is 0.508 e. The predicted octanol–water partition coefficient (Wildman–Crippen LogP) is 6.23. The molecule has 2 N–H and O–H groups in total. The van der Waals surface area contributed by atoms with Crippen LogP contribution in [0.3, 0.4) is 0 Å².